The van der Waals surface area contributed by atoms with E-state index in [2.05, 4.69) is 337 Å². The lowest BCUT2D eigenvalue weighted by atomic mass is 9.37. The van der Waals surface area contributed by atoms with Crippen LogP contribution in [0.25, 0.3) is 82.5 Å². The first-order valence-corrected chi connectivity index (χ1v) is 28.0. The summed E-state index contributed by atoms with van der Waals surface area (Å²) in [5.41, 5.74) is 17.1. The molecule has 1 aliphatic heterocycles. The summed E-state index contributed by atoms with van der Waals surface area (Å²) in [4.78, 5) is 0. The average molecular weight is 1030 g/mol. The van der Waals surface area contributed by atoms with Crippen LogP contribution in [-0.2, 0) is 0 Å². The molecule has 1 aliphatic rings. The van der Waals surface area contributed by atoms with Gasteiger partial charge in [-0.15, -0.1) is 0 Å². The zero-order chi connectivity index (χ0) is 53.4. The van der Waals surface area contributed by atoms with Gasteiger partial charge in [-0.05, 0) is 120 Å². The predicted molar refractivity (Wildman–Crippen MR) is 345 cm³/mol. The summed E-state index contributed by atoms with van der Waals surface area (Å²) < 4.78 is 15.4. The van der Waals surface area contributed by atoms with Gasteiger partial charge < -0.3 is 27.9 Å². The molecule has 0 N–H and O–H groups in total. The van der Waals surface area contributed by atoms with Gasteiger partial charge in [0.25, 0.3) is 0 Å². The standard InChI is InChI=1S/C72H51B3N6/c1-4-25-52(26-5-1)73-79(55-29-6-2-7-30-55)74(53-27-22-33-57(49-53)76-67-43-16-10-37-61(67)62-38-11-17-44-68(62)76)80(56-31-8-3-9-32-56)75(54-28-23-34-58(50-54)77-69-45-18-12-39-63(69)64-40-13-19-46-70(64)77)81(73)60-36-24-35-59(51-60)78-71-47-20-14-41-65(71)66-42-15-21-48-72(66)78/h1-51H. The number of fused-ring (bicyclic) bond motifs is 9. The van der Waals surface area contributed by atoms with E-state index >= 15 is 0 Å². The molecule has 0 amide bonds. The Morgan fingerprint density at radius 2 is 0.407 bits per heavy atom. The molecule has 0 unspecified atom stereocenters. The fourth-order valence-corrected chi connectivity index (χ4v) is 13.5. The Bertz CT molecular complexity index is 4680. The summed E-state index contributed by atoms with van der Waals surface area (Å²) in [5, 5.41) is 7.40. The van der Waals surface area contributed by atoms with Gasteiger partial charge in [0.1, 0.15) is 0 Å². The van der Waals surface area contributed by atoms with Gasteiger partial charge in [-0.25, -0.2) is 0 Å². The van der Waals surface area contributed by atoms with E-state index < -0.39 is 6.98 Å². The Kier molecular flexibility index (Phi) is 11.1. The molecular formula is C72H51B3N6. The van der Waals surface area contributed by atoms with Crippen molar-refractivity contribution in [3.8, 4) is 17.1 Å². The van der Waals surface area contributed by atoms with E-state index in [4.69, 9.17) is 0 Å². The number of benzene rings is 12. The van der Waals surface area contributed by atoms with Crippen molar-refractivity contribution in [1.82, 2.24) is 13.7 Å². The first-order chi connectivity index (χ1) is 40.2. The summed E-state index contributed by atoms with van der Waals surface area (Å²) in [6, 6.07) is 114. The lowest BCUT2D eigenvalue weighted by molar-refractivity contribution is 1.17. The van der Waals surface area contributed by atoms with Crippen LogP contribution < -0.4 is 30.6 Å². The highest BCUT2D eigenvalue weighted by Gasteiger charge is 2.56. The van der Waals surface area contributed by atoms with Gasteiger partial charge >= 0.3 is 20.9 Å². The smallest absolute Gasteiger partial charge is 0.389 e. The first-order valence-electron chi connectivity index (χ1n) is 28.0. The van der Waals surface area contributed by atoms with Crippen molar-refractivity contribution < 1.29 is 0 Å². The van der Waals surface area contributed by atoms with Gasteiger partial charge in [0.2, 0.25) is 0 Å². The Hall–Kier alpha value is -10.4. The van der Waals surface area contributed by atoms with Crippen molar-refractivity contribution in [3.05, 3.63) is 309 Å². The second-order valence-corrected chi connectivity index (χ2v) is 21.2. The molecule has 0 aliphatic carbocycles. The van der Waals surface area contributed by atoms with Crippen molar-refractivity contribution >= 4 is 120 Å². The average Bonchev–Trinajstić information content (AvgIpc) is 4.37. The predicted octanol–water partition coefficient (Wildman–Crippen LogP) is 15.0. The van der Waals surface area contributed by atoms with Crippen molar-refractivity contribution in [1.29, 1.82) is 0 Å². The molecule has 9 heteroatoms. The van der Waals surface area contributed by atoms with Crippen LogP contribution in [0.2, 0.25) is 0 Å². The number of hydrogen-bond acceptors (Lipinski definition) is 3. The van der Waals surface area contributed by atoms with E-state index in [0.717, 1.165) is 45.0 Å². The van der Waals surface area contributed by atoms with Gasteiger partial charge in [0.15, 0.2) is 0 Å². The molecule has 0 saturated carbocycles. The first kappa shape index (κ1) is 46.7. The second-order valence-electron chi connectivity index (χ2n) is 21.2. The Labute approximate surface area is 471 Å². The van der Waals surface area contributed by atoms with Gasteiger partial charge in [0.05, 0.1) is 33.1 Å². The van der Waals surface area contributed by atoms with Crippen LogP contribution >= 0.6 is 0 Å². The fraction of sp³-hybridized carbons (Fsp3) is 0. The minimum atomic E-state index is -0.402. The van der Waals surface area contributed by atoms with Gasteiger partial charge in [-0.2, -0.15) is 0 Å². The molecule has 81 heavy (non-hydrogen) atoms. The van der Waals surface area contributed by atoms with E-state index in [-0.39, 0.29) is 14.0 Å². The van der Waals surface area contributed by atoms with Gasteiger partial charge in [-0.3, -0.25) is 0 Å². The van der Waals surface area contributed by atoms with Crippen LogP contribution in [-0.4, -0.2) is 34.6 Å². The molecule has 1 saturated heterocycles. The maximum atomic E-state index is 2.70. The summed E-state index contributed by atoms with van der Waals surface area (Å²) >= 11 is 0. The Morgan fingerprint density at radius 3 is 0.765 bits per heavy atom. The minimum absolute atomic E-state index is 0.356. The van der Waals surface area contributed by atoms with E-state index in [1.165, 1.54) is 70.9 Å². The highest BCUT2D eigenvalue weighted by molar-refractivity contribution is 7.14. The van der Waals surface area contributed by atoms with E-state index in [1.54, 1.807) is 0 Å². The number of para-hydroxylation sites is 8. The molecule has 0 radical (unpaired) electrons. The molecule has 6 nitrogen and oxygen atoms in total. The maximum absolute atomic E-state index is 2.70. The zero-order valence-corrected chi connectivity index (χ0v) is 44.4. The third-order valence-corrected chi connectivity index (χ3v) is 16.8. The van der Waals surface area contributed by atoms with Crippen LogP contribution in [0, 0.1) is 0 Å². The molecule has 12 aromatic carbocycles. The Balaban J connectivity index is 1.01. The van der Waals surface area contributed by atoms with Crippen LogP contribution in [0.4, 0.5) is 17.1 Å². The number of anilines is 3. The van der Waals surface area contributed by atoms with E-state index in [0.29, 0.717) is 0 Å². The quantitative estimate of drug-likeness (QED) is 0.135. The van der Waals surface area contributed by atoms with Crippen molar-refractivity contribution in [2.75, 3.05) is 14.2 Å². The fourth-order valence-electron chi connectivity index (χ4n) is 13.5. The summed E-state index contributed by atoms with van der Waals surface area (Å²) in [6.45, 7) is -1.13. The molecule has 0 spiro atoms. The van der Waals surface area contributed by atoms with Crippen LogP contribution in [0.3, 0.4) is 0 Å². The lowest BCUT2D eigenvalue weighted by Crippen LogP contribution is -2.86. The SMILES string of the molecule is c1ccc(B2N(c3ccccc3)B(c3cccc(-n4c5ccccc5c5ccccc54)c3)N(c3ccccc3)B(c3cccc(-n4c5ccccc5c5ccccc54)c3)N2c2cccc(-n3c4ccccc4c4ccccc43)c2)cc1. The molecule has 1 fully saturated rings. The van der Waals surface area contributed by atoms with Gasteiger partial charge in [0, 0.05) is 66.4 Å². The highest BCUT2D eigenvalue weighted by atomic mass is 15.3. The number of aromatic nitrogens is 3. The minimum Gasteiger partial charge on any atom is -0.416 e. The van der Waals surface area contributed by atoms with Gasteiger partial charge in [-0.1, -0.05) is 206 Å². The second kappa shape index (κ2) is 19.2. The van der Waals surface area contributed by atoms with Crippen molar-refractivity contribution in [2.45, 2.75) is 0 Å². The molecule has 0 bridgehead atoms. The molecule has 4 heterocycles. The number of rotatable bonds is 9. The lowest BCUT2D eigenvalue weighted by Gasteiger charge is -2.57. The molecular weight excluding hydrogens is 981 g/mol. The van der Waals surface area contributed by atoms with Crippen LogP contribution in [0.1, 0.15) is 0 Å². The maximum Gasteiger partial charge on any atom is 0.389 e. The van der Waals surface area contributed by atoms with E-state index in [9.17, 15) is 0 Å². The monoisotopic (exact) mass is 1030 g/mol. The van der Waals surface area contributed by atoms with Crippen molar-refractivity contribution in [2.24, 2.45) is 0 Å². The summed E-state index contributed by atoms with van der Waals surface area (Å²) in [5.74, 6) is 0. The third kappa shape index (κ3) is 7.53. The summed E-state index contributed by atoms with van der Waals surface area (Å²) in [7, 11) is 0. The van der Waals surface area contributed by atoms with E-state index in [1.807, 2.05) is 0 Å². The van der Waals surface area contributed by atoms with Crippen LogP contribution in [0.15, 0.2) is 309 Å². The molecule has 3 aromatic heterocycles. The molecule has 16 rings (SSSR count). The van der Waals surface area contributed by atoms with Crippen LogP contribution in [0.5, 0.6) is 0 Å². The molecule has 378 valence electrons. The zero-order valence-electron chi connectivity index (χ0n) is 44.4. The summed E-state index contributed by atoms with van der Waals surface area (Å²) in [6.07, 6.45) is 0. The molecule has 0 atom stereocenters. The normalized spacial score (nSPS) is 13.0. The Morgan fingerprint density at radius 1 is 0.173 bits per heavy atom. The molecule has 15 aromatic rings. The largest absolute Gasteiger partial charge is 0.416 e. The third-order valence-electron chi connectivity index (χ3n) is 16.8. The highest BCUT2D eigenvalue weighted by Crippen LogP contribution is 2.39. The topological polar surface area (TPSA) is 24.5 Å². The number of nitrogens with zero attached hydrogens (tertiary/aromatic N) is 6. The van der Waals surface area contributed by atoms with Crippen molar-refractivity contribution in [3.63, 3.8) is 0 Å². The number of hydrogen-bond donors (Lipinski definition) is 0.